The Hall–Kier alpha value is -1.87. The Morgan fingerprint density at radius 1 is 1.00 bits per heavy atom. The molecule has 0 fully saturated rings. The van der Waals surface area contributed by atoms with Crippen LogP contribution in [0, 0.1) is 6.92 Å². The van der Waals surface area contributed by atoms with Gasteiger partial charge in [-0.15, -0.1) is 0 Å². The van der Waals surface area contributed by atoms with Crippen LogP contribution in [0.2, 0.25) is 0 Å². The van der Waals surface area contributed by atoms with Gasteiger partial charge in [0.15, 0.2) is 0 Å². The fourth-order valence-corrected chi connectivity index (χ4v) is 2.47. The lowest BCUT2D eigenvalue weighted by molar-refractivity contribution is 0.684. The number of halogens is 1. The van der Waals surface area contributed by atoms with Gasteiger partial charge in [-0.05, 0) is 35.7 Å². The molecule has 0 aliphatic rings. The summed E-state index contributed by atoms with van der Waals surface area (Å²) in [5, 5.41) is 4.46. The van der Waals surface area contributed by atoms with Crippen molar-refractivity contribution in [3.63, 3.8) is 0 Å². The molecule has 0 bridgehead atoms. The number of nitrogens with zero attached hydrogens (tertiary/aromatic N) is 2. The second-order valence-electron chi connectivity index (χ2n) is 4.86. The average Bonchev–Trinajstić information content (AvgIpc) is 2.91. The summed E-state index contributed by atoms with van der Waals surface area (Å²) in [4.78, 5) is 0. The van der Waals surface area contributed by atoms with Crippen LogP contribution in [0.25, 0.3) is 11.1 Å². The molecule has 0 saturated carbocycles. The van der Waals surface area contributed by atoms with Crippen LogP contribution < -0.4 is 0 Å². The summed E-state index contributed by atoms with van der Waals surface area (Å²) in [6, 6.07) is 16.7. The molecule has 2 aromatic carbocycles. The fraction of sp³-hybridized carbons (Fsp3) is 0.118. The highest BCUT2D eigenvalue weighted by Crippen LogP contribution is 2.21. The van der Waals surface area contributed by atoms with Crippen LogP contribution >= 0.6 is 15.9 Å². The van der Waals surface area contributed by atoms with Crippen LogP contribution in [-0.2, 0) is 6.54 Å². The molecule has 0 aliphatic carbocycles. The normalized spacial score (nSPS) is 10.7. The van der Waals surface area contributed by atoms with Gasteiger partial charge in [-0.1, -0.05) is 52.3 Å². The Morgan fingerprint density at radius 2 is 1.75 bits per heavy atom. The summed E-state index contributed by atoms with van der Waals surface area (Å²) in [5.74, 6) is 0. The number of hydrogen-bond donors (Lipinski definition) is 0. The zero-order valence-electron chi connectivity index (χ0n) is 11.3. The van der Waals surface area contributed by atoms with Crippen LogP contribution in [0.1, 0.15) is 11.1 Å². The van der Waals surface area contributed by atoms with Crippen molar-refractivity contribution >= 4 is 15.9 Å². The quantitative estimate of drug-likeness (QED) is 0.683. The van der Waals surface area contributed by atoms with Crippen molar-refractivity contribution in [2.75, 3.05) is 0 Å². The molecule has 1 heterocycles. The molecule has 0 unspecified atom stereocenters. The highest BCUT2D eigenvalue weighted by molar-refractivity contribution is 9.10. The third-order valence-corrected chi connectivity index (χ3v) is 3.93. The van der Waals surface area contributed by atoms with E-state index in [0.717, 1.165) is 16.6 Å². The first-order chi connectivity index (χ1) is 9.72. The van der Waals surface area contributed by atoms with Crippen molar-refractivity contribution in [2.24, 2.45) is 0 Å². The van der Waals surface area contributed by atoms with Crippen molar-refractivity contribution in [3.05, 3.63) is 76.5 Å². The highest BCUT2D eigenvalue weighted by atomic mass is 79.9. The first-order valence-corrected chi connectivity index (χ1v) is 7.34. The van der Waals surface area contributed by atoms with Gasteiger partial charge in [0.05, 0.1) is 12.7 Å². The molecule has 0 amide bonds. The molecule has 1 aromatic heterocycles. The predicted molar refractivity (Wildman–Crippen MR) is 85.6 cm³/mol. The molecule has 0 aliphatic heterocycles. The summed E-state index contributed by atoms with van der Waals surface area (Å²) < 4.78 is 3.08. The molecule has 3 aromatic rings. The monoisotopic (exact) mass is 326 g/mol. The zero-order valence-corrected chi connectivity index (χ0v) is 12.8. The molecule has 0 spiro atoms. The van der Waals surface area contributed by atoms with Crippen molar-refractivity contribution in [1.82, 2.24) is 9.78 Å². The van der Waals surface area contributed by atoms with E-state index >= 15 is 0 Å². The number of benzene rings is 2. The molecule has 0 saturated heterocycles. The van der Waals surface area contributed by atoms with Gasteiger partial charge in [-0.25, -0.2) is 0 Å². The van der Waals surface area contributed by atoms with Gasteiger partial charge in [0.2, 0.25) is 0 Å². The third-order valence-electron chi connectivity index (χ3n) is 3.40. The van der Waals surface area contributed by atoms with Gasteiger partial charge >= 0.3 is 0 Å². The number of aromatic nitrogens is 2. The Morgan fingerprint density at radius 3 is 2.50 bits per heavy atom. The Balaban J connectivity index is 1.84. The summed E-state index contributed by atoms with van der Waals surface area (Å²) in [6.45, 7) is 2.94. The molecule has 0 N–H and O–H groups in total. The van der Waals surface area contributed by atoms with E-state index in [-0.39, 0.29) is 0 Å². The number of rotatable bonds is 3. The first-order valence-electron chi connectivity index (χ1n) is 6.55. The lowest BCUT2D eigenvalue weighted by Crippen LogP contribution is -2.01. The van der Waals surface area contributed by atoms with Crippen LogP contribution in [0.5, 0.6) is 0 Å². The van der Waals surface area contributed by atoms with E-state index in [1.54, 1.807) is 0 Å². The molecule has 0 radical (unpaired) electrons. The number of hydrogen-bond acceptors (Lipinski definition) is 1. The van der Waals surface area contributed by atoms with Crippen molar-refractivity contribution in [1.29, 1.82) is 0 Å². The fourth-order valence-electron chi connectivity index (χ4n) is 2.20. The highest BCUT2D eigenvalue weighted by Gasteiger charge is 2.03. The topological polar surface area (TPSA) is 17.8 Å². The minimum Gasteiger partial charge on any atom is -0.268 e. The van der Waals surface area contributed by atoms with E-state index in [2.05, 4.69) is 70.5 Å². The SMILES string of the molecule is Cc1ccccc1Cn1cc(-c2ccc(Br)cc2)cn1. The van der Waals surface area contributed by atoms with Crippen molar-refractivity contribution in [2.45, 2.75) is 13.5 Å². The number of aryl methyl sites for hydroxylation is 1. The van der Waals surface area contributed by atoms with Gasteiger partial charge in [0, 0.05) is 16.2 Å². The van der Waals surface area contributed by atoms with E-state index in [1.165, 1.54) is 16.7 Å². The molecule has 3 heteroatoms. The summed E-state index contributed by atoms with van der Waals surface area (Å²) in [5.41, 5.74) is 4.93. The van der Waals surface area contributed by atoms with Gasteiger partial charge in [0.1, 0.15) is 0 Å². The lowest BCUT2D eigenvalue weighted by atomic mass is 10.1. The molecule has 20 heavy (non-hydrogen) atoms. The molecule has 0 atom stereocenters. The van der Waals surface area contributed by atoms with Gasteiger partial charge in [0.25, 0.3) is 0 Å². The molecule has 3 rings (SSSR count). The maximum atomic E-state index is 4.46. The van der Waals surface area contributed by atoms with Crippen LogP contribution in [-0.4, -0.2) is 9.78 Å². The summed E-state index contributed by atoms with van der Waals surface area (Å²) >= 11 is 3.45. The Kier molecular flexibility index (Phi) is 3.70. The van der Waals surface area contributed by atoms with Crippen LogP contribution in [0.4, 0.5) is 0 Å². The maximum absolute atomic E-state index is 4.46. The Labute approximate surface area is 127 Å². The van der Waals surface area contributed by atoms with E-state index < -0.39 is 0 Å². The minimum absolute atomic E-state index is 0.809. The Bertz CT molecular complexity index is 714. The first kappa shape index (κ1) is 13.1. The maximum Gasteiger partial charge on any atom is 0.0662 e. The van der Waals surface area contributed by atoms with E-state index in [0.29, 0.717) is 0 Å². The van der Waals surface area contributed by atoms with Gasteiger partial charge < -0.3 is 0 Å². The van der Waals surface area contributed by atoms with E-state index in [1.807, 2.05) is 23.0 Å². The van der Waals surface area contributed by atoms with Crippen molar-refractivity contribution < 1.29 is 0 Å². The molecular formula is C17H15BrN2. The van der Waals surface area contributed by atoms with Crippen molar-refractivity contribution in [3.8, 4) is 11.1 Å². The smallest absolute Gasteiger partial charge is 0.0662 e. The lowest BCUT2D eigenvalue weighted by Gasteiger charge is -2.05. The molecule has 100 valence electrons. The van der Waals surface area contributed by atoms with E-state index in [4.69, 9.17) is 0 Å². The minimum atomic E-state index is 0.809. The molecular weight excluding hydrogens is 312 g/mol. The summed E-state index contributed by atoms with van der Waals surface area (Å²) in [7, 11) is 0. The zero-order chi connectivity index (χ0) is 13.9. The largest absolute Gasteiger partial charge is 0.268 e. The predicted octanol–water partition coefficient (Wildman–Crippen LogP) is 4.67. The summed E-state index contributed by atoms with van der Waals surface area (Å²) in [6.07, 6.45) is 4.01. The van der Waals surface area contributed by atoms with Gasteiger partial charge in [-0.2, -0.15) is 5.10 Å². The van der Waals surface area contributed by atoms with Gasteiger partial charge in [-0.3, -0.25) is 4.68 Å². The van der Waals surface area contributed by atoms with Crippen LogP contribution in [0.3, 0.4) is 0 Å². The molecule has 2 nitrogen and oxygen atoms in total. The van der Waals surface area contributed by atoms with E-state index in [9.17, 15) is 0 Å². The van der Waals surface area contributed by atoms with Crippen LogP contribution in [0.15, 0.2) is 65.4 Å². The second kappa shape index (κ2) is 5.63. The average molecular weight is 327 g/mol. The third kappa shape index (κ3) is 2.83. The second-order valence-corrected chi connectivity index (χ2v) is 5.78. The standard InChI is InChI=1S/C17H15BrN2/c1-13-4-2-3-5-15(13)11-20-12-16(10-19-20)14-6-8-17(18)9-7-14/h2-10,12H,11H2,1H3.